The van der Waals surface area contributed by atoms with E-state index in [0.717, 1.165) is 5.56 Å². The fourth-order valence-corrected chi connectivity index (χ4v) is 1.74. The van der Waals surface area contributed by atoms with Crippen LogP contribution in [0.3, 0.4) is 0 Å². The van der Waals surface area contributed by atoms with E-state index in [2.05, 4.69) is 0 Å². The minimum Gasteiger partial charge on any atom is -0.503 e. The number of carbonyl (C=O) groups excluding carboxylic acids is 1. The average molecular weight is 259 g/mol. The van der Waals surface area contributed by atoms with Crippen molar-refractivity contribution in [3.63, 3.8) is 0 Å². The van der Waals surface area contributed by atoms with Crippen LogP contribution in [0.2, 0.25) is 5.02 Å². The van der Waals surface area contributed by atoms with E-state index in [1.54, 1.807) is 24.1 Å². The van der Waals surface area contributed by atoms with Gasteiger partial charge in [0.2, 0.25) is 5.91 Å². The molecule has 0 aliphatic heterocycles. The quantitative estimate of drug-likeness (QED) is 0.825. The summed E-state index contributed by atoms with van der Waals surface area (Å²) in [5.74, 6) is -0.181. The molecule has 6 heteroatoms. The van der Waals surface area contributed by atoms with Crippen LogP contribution < -0.4 is 10.5 Å². The van der Waals surface area contributed by atoms with Crippen LogP contribution in [0.15, 0.2) is 12.1 Å². The number of phenolic OH excluding ortho intramolecular Hbond substituents is 1. The molecule has 0 radical (unpaired) electrons. The van der Waals surface area contributed by atoms with Crippen molar-refractivity contribution in [2.24, 2.45) is 5.73 Å². The monoisotopic (exact) mass is 258 g/mol. The summed E-state index contributed by atoms with van der Waals surface area (Å²) in [6.07, 6.45) is 0. The number of aromatic hydroxyl groups is 1. The Balaban J connectivity index is 2.85. The van der Waals surface area contributed by atoms with Crippen LogP contribution in [0.4, 0.5) is 0 Å². The van der Waals surface area contributed by atoms with E-state index in [1.165, 1.54) is 7.11 Å². The van der Waals surface area contributed by atoms with Crippen LogP contribution in [0.5, 0.6) is 11.5 Å². The molecule has 0 aliphatic carbocycles. The molecule has 5 nitrogen and oxygen atoms in total. The maximum absolute atomic E-state index is 10.7. The standard InChI is InChI=1S/C11H15ClN2O3/c1-14(6-10(13)15)5-7-3-8(12)11(16)9(4-7)17-2/h3-4,16H,5-6H2,1-2H3,(H2,13,15). The van der Waals surface area contributed by atoms with Crippen LogP contribution in [0.25, 0.3) is 0 Å². The number of primary amides is 1. The largest absolute Gasteiger partial charge is 0.503 e. The second kappa shape index (κ2) is 5.75. The molecule has 0 spiro atoms. The maximum Gasteiger partial charge on any atom is 0.231 e. The smallest absolute Gasteiger partial charge is 0.231 e. The Morgan fingerprint density at radius 1 is 1.59 bits per heavy atom. The summed E-state index contributed by atoms with van der Waals surface area (Å²) in [5.41, 5.74) is 5.91. The first-order valence-electron chi connectivity index (χ1n) is 4.96. The van der Waals surface area contributed by atoms with Crippen LogP contribution >= 0.6 is 11.6 Å². The van der Waals surface area contributed by atoms with Gasteiger partial charge >= 0.3 is 0 Å². The number of nitrogens with two attached hydrogens (primary N) is 1. The first-order valence-corrected chi connectivity index (χ1v) is 5.34. The Kier molecular flexibility index (Phi) is 4.60. The van der Waals surface area contributed by atoms with E-state index in [1.807, 2.05) is 0 Å². The molecule has 0 atom stereocenters. The number of benzene rings is 1. The van der Waals surface area contributed by atoms with Gasteiger partial charge in [-0.1, -0.05) is 11.6 Å². The normalized spacial score (nSPS) is 10.6. The zero-order valence-electron chi connectivity index (χ0n) is 9.74. The highest BCUT2D eigenvalue weighted by molar-refractivity contribution is 6.32. The van der Waals surface area contributed by atoms with Crippen molar-refractivity contribution >= 4 is 17.5 Å². The van der Waals surface area contributed by atoms with Crippen LogP contribution in [-0.4, -0.2) is 36.6 Å². The molecule has 0 aromatic heterocycles. The van der Waals surface area contributed by atoms with Crippen LogP contribution in [-0.2, 0) is 11.3 Å². The van der Waals surface area contributed by atoms with Gasteiger partial charge in [-0.15, -0.1) is 0 Å². The Morgan fingerprint density at radius 2 is 2.24 bits per heavy atom. The molecule has 1 amide bonds. The van der Waals surface area contributed by atoms with E-state index in [4.69, 9.17) is 22.1 Å². The first-order chi connectivity index (χ1) is 7.93. The molecule has 17 heavy (non-hydrogen) atoms. The molecular formula is C11H15ClN2O3. The molecule has 0 bridgehead atoms. The molecule has 1 aromatic carbocycles. The van der Waals surface area contributed by atoms with Crippen molar-refractivity contribution in [2.45, 2.75) is 6.54 Å². The number of nitrogens with zero attached hydrogens (tertiary/aromatic N) is 1. The lowest BCUT2D eigenvalue weighted by molar-refractivity contribution is -0.118. The molecular weight excluding hydrogens is 244 g/mol. The van der Waals surface area contributed by atoms with Gasteiger partial charge in [0.25, 0.3) is 0 Å². The van der Waals surface area contributed by atoms with Crippen molar-refractivity contribution in [2.75, 3.05) is 20.7 Å². The molecule has 3 N–H and O–H groups in total. The summed E-state index contributed by atoms with van der Waals surface area (Å²) in [6.45, 7) is 0.639. The summed E-state index contributed by atoms with van der Waals surface area (Å²) in [6, 6.07) is 3.29. The number of amides is 1. The SMILES string of the molecule is COc1cc(CN(C)CC(N)=O)cc(Cl)c1O. The minimum absolute atomic E-state index is 0.0875. The zero-order chi connectivity index (χ0) is 13.0. The highest BCUT2D eigenvalue weighted by Crippen LogP contribution is 2.35. The number of ether oxygens (including phenoxy) is 1. The summed E-state index contributed by atoms with van der Waals surface area (Å²) in [4.78, 5) is 12.5. The van der Waals surface area contributed by atoms with Crippen molar-refractivity contribution in [3.05, 3.63) is 22.7 Å². The number of hydrogen-bond donors (Lipinski definition) is 2. The van der Waals surface area contributed by atoms with Gasteiger partial charge < -0.3 is 15.6 Å². The average Bonchev–Trinajstić information content (AvgIpc) is 2.21. The molecule has 94 valence electrons. The molecule has 1 aromatic rings. The summed E-state index contributed by atoms with van der Waals surface area (Å²) in [7, 11) is 3.21. The highest BCUT2D eigenvalue weighted by Gasteiger charge is 2.11. The van der Waals surface area contributed by atoms with Gasteiger partial charge in [0.1, 0.15) is 0 Å². The van der Waals surface area contributed by atoms with Crippen LogP contribution in [0.1, 0.15) is 5.56 Å². The lowest BCUT2D eigenvalue weighted by Gasteiger charge is -2.16. The molecule has 0 fully saturated rings. The molecule has 0 unspecified atom stereocenters. The number of phenols is 1. The van der Waals surface area contributed by atoms with Gasteiger partial charge in [0.05, 0.1) is 18.7 Å². The lowest BCUT2D eigenvalue weighted by Crippen LogP contribution is -2.30. The van der Waals surface area contributed by atoms with E-state index in [9.17, 15) is 9.90 Å². The molecule has 0 aliphatic rings. The summed E-state index contributed by atoms with van der Waals surface area (Å²) in [5, 5.41) is 9.77. The Hall–Kier alpha value is -1.46. The van der Waals surface area contributed by atoms with E-state index < -0.39 is 5.91 Å². The molecule has 0 saturated carbocycles. The minimum atomic E-state index is -0.399. The molecule has 0 heterocycles. The van der Waals surface area contributed by atoms with Crippen molar-refractivity contribution in [3.8, 4) is 11.5 Å². The van der Waals surface area contributed by atoms with Crippen molar-refractivity contribution in [1.29, 1.82) is 0 Å². The van der Waals surface area contributed by atoms with Crippen LogP contribution in [0, 0.1) is 0 Å². The number of hydrogen-bond acceptors (Lipinski definition) is 4. The third kappa shape index (κ3) is 3.80. The predicted octanol–water partition coefficient (Wildman–Crippen LogP) is 0.971. The second-order valence-corrected chi connectivity index (χ2v) is 4.17. The van der Waals surface area contributed by atoms with E-state index in [0.29, 0.717) is 12.3 Å². The summed E-state index contributed by atoms with van der Waals surface area (Å²) >= 11 is 5.85. The first kappa shape index (κ1) is 13.6. The Bertz CT molecular complexity index is 423. The Labute approximate surface area is 105 Å². The van der Waals surface area contributed by atoms with Gasteiger partial charge in [-0.05, 0) is 24.7 Å². The lowest BCUT2D eigenvalue weighted by atomic mass is 10.2. The number of halogens is 1. The number of methoxy groups -OCH3 is 1. The topological polar surface area (TPSA) is 75.8 Å². The Morgan fingerprint density at radius 3 is 2.76 bits per heavy atom. The predicted molar refractivity (Wildman–Crippen MR) is 65.2 cm³/mol. The van der Waals surface area contributed by atoms with Gasteiger partial charge in [-0.3, -0.25) is 9.69 Å². The van der Waals surface area contributed by atoms with Gasteiger partial charge in [0.15, 0.2) is 11.5 Å². The number of rotatable bonds is 5. The third-order valence-electron chi connectivity index (χ3n) is 2.19. The number of likely N-dealkylation sites (N-methyl/N-ethyl adjacent to an activating group) is 1. The fraction of sp³-hybridized carbons (Fsp3) is 0.364. The van der Waals surface area contributed by atoms with Gasteiger partial charge in [-0.2, -0.15) is 0 Å². The van der Waals surface area contributed by atoms with Gasteiger partial charge in [-0.25, -0.2) is 0 Å². The molecule has 0 saturated heterocycles. The van der Waals surface area contributed by atoms with Gasteiger partial charge in [0, 0.05) is 6.54 Å². The maximum atomic E-state index is 10.7. The van der Waals surface area contributed by atoms with Crippen molar-refractivity contribution in [1.82, 2.24) is 4.90 Å². The highest BCUT2D eigenvalue weighted by atomic mass is 35.5. The van der Waals surface area contributed by atoms with E-state index >= 15 is 0 Å². The second-order valence-electron chi connectivity index (χ2n) is 3.77. The zero-order valence-corrected chi connectivity index (χ0v) is 10.5. The molecule has 1 rings (SSSR count). The summed E-state index contributed by atoms with van der Waals surface area (Å²) < 4.78 is 4.98. The van der Waals surface area contributed by atoms with Crippen molar-refractivity contribution < 1.29 is 14.6 Å². The fourth-order valence-electron chi connectivity index (χ4n) is 1.51. The number of carbonyl (C=O) groups is 1. The van der Waals surface area contributed by atoms with E-state index in [-0.39, 0.29) is 17.3 Å². The third-order valence-corrected chi connectivity index (χ3v) is 2.47.